The standard InChI is InChI=1S/C24H29FO2/c1-3-5-18-6-9-19(10-7-18)20-11-13-21(14-12-20)24(26)27-23-15-8-17(4-2)16-22(23)25/h8,11-16,18-19H,3-7,9-10H2,1-2H3. The molecule has 0 aliphatic heterocycles. The quantitative estimate of drug-likeness (QED) is 0.420. The number of aryl methyl sites for hydroxylation is 1. The Labute approximate surface area is 161 Å². The van der Waals surface area contributed by atoms with Crippen molar-refractivity contribution in [2.45, 2.75) is 64.7 Å². The van der Waals surface area contributed by atoms with E-state index in [4.69, 9.17) is 4.74 Å². The number of hydrogen-bond acceptors (Lipinski definition) is 2. The van der Waals surface area contributed by atoms with Crippen molar-refractivity contribution in [3.8, 4) is 5.75 Å². The molecule has 0 bridgehead atoms. The highest BCUT2D eigenvalue weighted by Gasteiger charge is 2.22. The fraction of sp³-hybridized carbons (Fsp3) is 0.458. The van der Waals surface area contributed by atoms with Crippen molar-refractivity contribution in [3.05, 3.63) is 65.0 Å². The van der Waals surface area contributed by atoms with Gasteiger partial charge in [0.15, 0.2) is 11.6 Å². The highest BCUT2D eigenvalue weighted by atomic mass is 19.1. The lowest BCUT2D eigenvalue weighted by Gasteiger charge is -2.28. The summed E-state index contributed by atoms with van der Waals surface area (Å²) in [6.07, 6.45) is 8.41. The van der Waals surface area contributed by atoms with Crippen molar-refractivity contribution in [1.82, 2.24) is 0 Å². The van der Waals surface area contributed by atoms with Gasteiger partial charge in [0.1, 0.15) is 0 Å². The molecule has 1 saturated carbocycles. The topological polar surface area (TPSA) is 26.3 Å². The van der Waals surface area contributed by atoms with Crippen molar-refractivity contribution in [2.75, 3.05) is 0 Å². The minimum atomic E-state index is -0.517. The predicted molar refractivity (Wildman–Crippen MR) is 107 cm³/mol. The predicted octanol–water partition coefficient (Wildman–Crippen LogP) is 6.68. The summed E-state index contributed by atoms with van der Waals surface area (Å²) in [6.45, 7) is 4.21. The first-order valence-electron chi connectivity index (χ1n) is 10.2. The van der Waals surface area contributed by atoms with Crippen molar-refractivity contribution in [1.29, 1.82) is 0 Å². The second-order valence-corrected chi connectivity index (χ2v) is 7.64. The van der Waals surface area contributed by atoms with E-state index in [9.17, 15) is 9.18 Å². The van der Waals surface area contributed by atoms with Gasteiger partial charge in [-0.2, -0.15) is 0 Å². The molecule has 2 aromatic rings. The van der Waals surface area contributed by atoms with E-state index in [1.54, 1.807) is 18.2 Å². The van der Waals surface area contributed by atoms with Crippen molar-refractivity contribution in [3.63, 3.8) is 0 Å². The van der Waals surface area contributed by atoms with E-state index in [1.165, 1.54) is 56.2 Å². The maximum Gasteiger partial charge on any atom is 0.343 e. The Balaban J connectivity index is 1.61. The summed E-state index contributed by atoms with van der Waals surface area (Å²) < 4.78 is 19.3. The fourth-order valence-corrected chi connectivity index (χ4v) is 4.09. The summed E-state index contributed by atoms with van der Waals surface area (Å²) in [4.78, 5) is 12.3. The molecule has 0 heterocycles. The van der Waals surface area contributed by atoms with Gasteiger partial charge >= 0.3 is 5.97 Å². The lowest BCUT2D eigenvalue weighted by atomic mass is 9.77. The molecule has 2 aromatic carbocycles. The molecule has 0 unspecified atom stereocenters. The number of ether oxygens (including phenoxy) is 1. The van der Waals surface area contributed by atoms with Crippen LogP contribution in [0.2, 0.25) is 0 Å². The minimum Gasteiger partial charge on any atom is -0.420 e. The highest BCUT2D eigenvalue weighted by molar-refractivity contribution is 5.91. The van der Waals surface area contributed by atoms with E-state index >= 15 is 0 Å². The van der Waals surface area contributed by atoms with E-state index < -0.39 is 11.8 Å². The summed E-state index contributed by atoms with van der Waals surface area (Å²) in [6, 6.07) is 12.4. The molecule has 1 fully saturated rings. The molecule has 3 rings (SSSR count). The van der Waals surface area contributed by atoms with Gasteiger partial charge < -0.3 is 4.74 Å². The molecule has 1 aliphatic carbocycles. The van der Waals surface area contributed by atoms with Gasteiger partial charge in [-0.05, 0) is 79.3 Å². The molecule has 27 heavy (non-hydrogen) atoms. The number of benzene rings is 2. The number of esters is 1. The van der Waals surface area contributed by atoms with Crippen LogP contribution < -0.4 is 4.74 Å². The van der Waals surface area contributed by atoms with Gasteiger partial charge in [-0.25, -0.2) is 9.18 Å². The Morgan fingerprint density at radius 3 is 2.33 bits per heavy atom. The maximum absolute atomic E-state index is 14.0. The second kappa shape index (κ2) is 9.16. The van der Waals surface area contributed by atoms with Gasteiger partial charge in [-0.1, -0.05) is 44.9 Å². The minimum absolute atomic E-state index is 0.0180. The lowest BCUT2D eigenvalue weighted by molar-refractivity contribution is 0.0727. The average molecular weight is 368 g/mol. The van der Waals surface area contributed by atoms with E-state index in [2.05, 4.69) is 6.92 Å². The normalized spacial score (nSPS) is 19.7. The lowest BCUT2D eigenvalue weighted by Crippen LogP contribution is -2.14. The first-order chi connectivity index (χ1) is 13.1. The first kappa shape index (κ1) is 19.6. The van der Waals surface area contributed by atoms with Crippen LogP contribution in [0.25, 0.3) is 0 Å². The van der Waals surface area contributed by atoms with Crippen LogP contribution in [-0.4, -0.2) is 5.97 Å². The third kappa shape index (κ3) is 4.97. The van der Waals surface area contributed by atoms with Crippen LogP contribution in [0.3, 0.4) is 0 Å². The molecule has 0 atom stereocenters. The number of halogens is 1. The molecule has 144 valence electrons. The zero-order valence-electron chi connectivity index (χ0n) is 16.3. The molecular weight excluding hydrogens is 339 g/mol. The monoisotopic (exact) mass is 368 g/mol. The van der Waals surface area contributed by atoms with Gasteiger partial charge in [0.25, 0.3) is 0 Å². The molecule has 0 aromatic heterocycles. The smallest absolute Gasteiger partial charge is 0.343 e. The Morgan fingerprint density at radius 2 is 1.74 bits per heavy atom. The van der Waals surface area contributed by atoms with Gasteiger partial charge in [0.05, 0.1) is 5.56 Å². The van der Waals surface area contributed by atoms with Gasteiger partial charge in [0.2, 0.25) is 0 Å². The summed E-state index contributed by atoms with van der Waals surface area (Å²) in [5, 5.41) is 0. The van der Waals surface area contributed by atoms with E-state index in [-0.39, 0.29) is 5.75 Å². The average Bonchev–Trinajstić information content (AvgIpc) is 2.70. The molecule has 1 aliphatic rings. The number of carbonyl (C=O) groups excluding carboxylic acids is 1. The zero-order chi connectivity index (χ0) is 19.2. The van der Waals surface area contributed by atoms with Crippen LogP contribution >= 0.6 is 0 Å². The Morgan fingerprint density at radius 1 is 1.04 bits per heavy atom. The van der Waals surface area contributed by atoms with Crippen LogP contribution in [0.4, 0.5) is 4.39 Å². The van der Waals surface area contributed by atoms with E-state index in [1.807, 2.05) is 19.1 Å². The van der Waals surface area contributed by atoms with Crippen LogP contribution in [0.1, 0.15) is 79.8 Å². The molecule has 3 heteroatoms. The highest BCUT2D eigenvalue weighted by Crippen LogP contribution is 2.37. The Kier molecular flexibility index (Phi) is 6.65. The SMILES string of the molecule is CCCC1CCC(c2ccc(C(=O)Oc3ccc(CC)cc3F)cc2)CC1. The zero-order valence-corrected chi connectivity index (χ0v) is 16.3. The van der Waals surface area contributed by atoms with Crippen LogP contribution in [0.5, 0.6) is 5.75 Å². The van der Waals surface area contributed by atoms with E-state index in [0.29, 0.717) is 11.5 Å². The summed E-state index contributed by atoms with van der Waals surface area (Å²) in [7, 11) is 0. The molecule has 0 N–H and O–H groups in total. The number of hydrogen-bond donors (Lipinski definition) is 0. The maximum atomic E-state index is 14.0. The Bertz CT molecular complexity index is 758. The summed E-state index contributed by atoms with van der Waals surface area (Å²) in [5.41, 5.74) is 2.63. The third-order valence-corrected chi connectivity index (χ3v) is 5.77. The van der Waals surface area contributed by atoms with Crippen LogP contribution in [-0.2, 0) is 6.42 Å². The summed E-state index contributed by atoms with van der Waals surface area (Å²) in [5.74, 6) is 0.437. The molecule has 0 spiro atoms. The van der Waals surface area contributed by atoms with Crippen molar-refractivity contribution >= 4 is 5.97 Å². The first-order valence-corrected chi connectivity index (χ1v) is 10.2. The van der Waals surface area contributed by atoms with Gasteiger partial charge in [0, 0.05) is 0 Å². The molecule has 0 amide bonds. The third-order valence-electron chi connectivity index (χ3n) is 5.77. The number of carbonyl (C=O) groups is 1. The Hall–Kier alpha value is -2.16. The van der Waals surface area contributed by atoms with Gasteiger partial charge in [-0.3, -0.25) is 0 Å². The van der Waals surface area contributed by atoms with Crippen LogP contribution in [0, 0.1) is 11.7 Å². The fourth-order valence-electron chi connectivity index (χ4n) is 4.09. The van der Waals surface area contributed by atoms with Crippen LogP contribution in [0.15, 0.2) is 42.5 Å². The van der Waals surface area contributed by atoms with E-state index in [0.717, 1.165) is 17.9 Å². The molecule has 0 saturated heterocycles. The molecule has 2 nitrogen and oxygen atoms in total. The molecular formula is C24H29FO2. The van der Waals surface area contributed by atoms with Gasteiger partial charge in [-0.15, -0.1) is 0 Å². The van der Waals surface area contributed by atoms with Crippen molar-refractivity contribution in [2.24, 2.45) is 5.92 Å². The second-order valence-electron chi connectivity index (χ2n) is 7.64. The summed E-state index contributed by atoms with van der Waals surface area (Å²) >= 11 is 0. The molecule has 0 radical (unpaired) electrons. The van der Waals surface area contributed by atoms with Crippen molar-refractivity contribution < 1.29 is 13.9 Å². The largest absolute Gasteiger partial charge is 0.420 e. The number of rotatable bonds is 6.